The second kappa shape index (κ2) is 10.8. The van der Waals surface area contributed by atoms with E-state index in [2.05, 4.69) is 19.8 Å². The molecule has 2 saturated heterocycles. The molecule has 3 fully saturated rings. The highest BCUT2D eigenvalue weighted by molar-refractivity contribution is 7.93. The lowest BCUT2D eigenvalue weighted by Crippen LogP contribution is -2.41. The quantitative estimate of drug-likeness (QED) is 0.362. The van der Waals surface area contributed by atoms with Crippen molar-refractivity contribution in [3.05, 3.63) is 42.2 Å². The number of piperidine rings is 1. The molecule has 3 N–H and O–H groups in total. The number of benzene rings is 1. The van der Waals surface area contributed by atoms with Crippen LogP contribution in [0, 0.1) is 5.41 Å². The van der Waals surface area contributed by atoms with Crippen LogP contribution in [0.2, 0.25) is 0 Å². The van der Waals surface area contributed by atoms with E-state index in [1.165, 1.54) is 19.8 Å². The van der Waals surface area contributed by atoms with Gasteiger partial charge in [-0.3, -0.25) is 9.52 Å². The second-order valence-electron chi connectivity index (χ2n) is 11.6. The number of nitrogens with one attached hydrogen (secondary N) is 2. The van der Waals surface area contributed by atoms with Gasteiger partial charge in [0.2, 0.25) is 10.0 Å². The minimum Gasteiger partial charge on any atom is -0.460 e. The molecule has 3 aromatic rings. The van der Waals surface area contributed by atoms with Crippen LogP contribution in [0.4, 0.5) is 23.0 Å². The number of ether oxygens (including phenoxy) is 1. The fourth-order valence-electron chi connectivity index (χ4n) is 5.74. The van der Waals surface area contributed by atoms with Crippen molar-refractivity contribution in [1.29, 1.82) is 0 Å². The highest BCUT2D eigenvalue weighted by Crippen LogP contribution is 2.54. The molecule has 0 radical (unpaired) electrons. The summed E-state index contributed by atoms with van der Waals surface area (Å²) in [7, 11) is -3.79. The molecule has 6 rings (SSSR count). The molecule has 2 aliphatic heterocycles. The van der Waals surface area contributed by atoms with Crippen LogP contribution in [-0.2, 0) is 14.8 Å². The van der Waals surface area contributed by atoms with Crippen molar-refractivity contribution in [1.82, 2.24) is 4.98 Å². The van der Waals surface area contributed by atoms with Gasteiger partial charge in [0, 0.05) is 31.6 Å². The van der Waals surface area contributed by atoms with E-state index in [0.717, 1.165) is 31.3 Å². The number of sulfonamides is 1. The van der Waals surface area contributed by atoms with Crippen LogP contribution in [0.5, 0.6) is 0 Å². The molecule has 1 saturated carbocycles. The van der Waals surface area contributed by atoms with Crippen LogP contribution >= 0.6 is 0 Å². The number of morpholine rings is 1. The van der Waals surface area contributed by atoms with E-state index < -0.39 is 21.9 Å². The summed E-state index contributed by atoms with van der Waals surface area (Å²) in [4.78, 5) is 22.8. The van der Waals surface area contributed by atoms with Crippen LogP contribution in [0.25, 0.3) is 11.0 Å². The van der Waals surface area contributed by atoms with Crippen molar-refractivity contribution in [2.75, 3.05) is 59.2 Å². The Morgan fingerprint density at radius 2 is 1.93 bits per heavy atom. The fourth-order valence-corrected chi connectivity index (χ4v) is 6.60. The zero-order valence-corrected chi connectivity index (χ0v) is 24.2. The Balaban J connectivity index is 1.30. The summed E-state index contributed by atoms with van der Waals surface area (Å²) < 4.78 is 39.3. The lowest BCUT2D eigenvalue weighted by Gasteiger charge is -2.35. The zero-order valence-electron chi connectivity index (χ0n) is 23.4. The summed E-state index contributed by atoms with van der Waals surface area (Å²) >= 11 is 0. The molecule has 3 aliphatic rings. The Kier molecular flexibility index (Phi) is 7.33. The Bertz CT molecular complexity index is 1540. The van der Waals surface area contributed by atoms with Crippen LogP contribution in [0.1, 0.15) is 49.9 Å². The van der Waals surface area contributed by atoms with E-state index in [1.807, 2.05) is 13.0 Å². The average molecular weight is 584 g/mol. The van der Waals surface area contributed by atoms with Crippen molar-refractivity contribution >= 4 is 49.9 Å². The van der Waals surface area contributed by atoms with Gasteiger partial charge >= 0.3 is 0 Å². The van der Waals surface area contributed by atoms with E-state index in [1.54, 1.807) is 30.5 Å². The summed E-state index contributed by atoms with van der Waals surface area (Å²) in [6, 6.07) is 8.59. The highest BCUT2D eigenvalue weighted by Gasteiger charge is 2.44. The third kappa shape index (κ3) is 5.73. The smallest absolute Gasteiger partial charge is 0.258 e. The van der Waals surface area contributed by atoms with Gasteiger partial charge in [-0.1, -0.05) is 0 Å². The van der Waals surface area contributed by atoms with Crippen molar-refractivity contribution in [2.45, 2.75) is 50.9 Å². The van der Waals surface area contributed by atoms with Gasteiger partial charge in [-0.05, 0) is 75.3 Å². The second-order valence-corrected chi connectivity index (χ2v) is 13.7. The summed E-state index contributed by atoms with van der Waals surface area (Å²) in [6.07, 6.45) is 6.26. The molecule has 11 nitrogen and oxygen atoms in total. The number of pyridine rings is 1. The standard InChI is InChI=1S/C29H37N5O6S/c1-19-17-34(12-14-39-19)27-26-21(5-13-40-26)15-25(30-27)31-28(36)23-4-3-22(32-41(37,38)20(2)18-35)16-24(23)33-10-8-29(6-7-29)9-11-33/h3-5,13,15-16,19-20,32,35H,6-12,14,17-18H2,1-2H3,(H,30,31,36)/t19-,20+/m1/s1. The summed E-state index contributed by atoms with van der Waals surface area (Å²) in [5, 5.41) is 12.2. The number of hydrogen-bond donors (Lipinski definition) is 3. The topological polar surface area (TPSA) is 137 Å². The third-order valence-corrected chi connectivity index (χ3v) is 10.3. The van der Waals surface area contributed by atoms with Crippen molar-refractivity contribution in [3.8, 4) is 0 Å². The average Bonchev–Trinajstić information content (AvgIpc) is 3.53. The molecule has 1 spiro atoms. The molecule has 2 atom stereocenters. The summed E-state index contributed by atoms with van der Waals surface area (Å²) in [6.45, 7) is 6.46. The Hall–Kier alpha value is -3.35. The Labute approximate surface area is 239 Å². The zero-order chi connectivity index (χ0) is 28.8. The number of aliphatic hydroxyl groups is 1. The maximum absolute atomic E-state index is 13.8. The monoisotopic (exact) mass is 583 g/mol. The number of aliphatic hydroxyl groups excluding tert-OH is 1. The molecular weight excluding hydrogens is 546 g/mol. The van der Waals surface area contributed by atoms with E-state index in [9.17, 15) is 18.3 Å². The molecule has 4 heterocycles. The van der Waals surface area contributed by atoms with Gasteiger partial charge in [0.1, 0.15) is 11.1 Å². The number of aromatic nitrogens is 1. The number of rotatable bonds is 8. The first kappa shape index (κ1) is 27.8. The first-order valence-electron chi connectivity index (χ1n) is 14.2. The van der Waals surface area contributed by atoms with Crippen molar-refractivity contribution in [2.24, 2.45) is 5.41 Å². The number of nitrogens with zero attached hydrogens (tertiary/aromatic N) is 3. The van der Waals surface area contributed by atoms with Gasteiger partial charge in [-0.15, -0.1) is 0 Å². The van der Waals surface area contributed by atoms with Crippen molar-refractivity contribution < 1.29 is 27.5 Å². The van der Waals surface area contributed by atoms with Crippen LogP contribution in [-0.4, -0.2) is 75.2 Å². The normalized spacial score (nSPS) is 21.2. The first-order chi connectivity index (χ1) is 19.7. The van der Waals surface area contributed by atoms with Crippen LogP contribution in [0.15, 0.2) is 41.0 Å². The Morgan fingerprint density at radius 3 is 2.63 bits per heavy atom. The fraction of sp³-hybridized carbons (Fsp3) is 0.517. The number of carbonyl (C=O) groups is 1. The van der Waals surface area contributed by atoms with Gasteiger partial charge in [0.05, 0.1) is 42.5 Å². The van der Waals surface area contributed by atoms with E-state index in [0.29, 0.717) is 59.3 Å². The molecule has 41 heavy (non-hydrogen) atoms. The Morgan fingerprint density at radius 1 is 1.15 bits per heavy atom. The van der Waals surface area contributed by atoms with Crippen molar-refractivity contribution in [3.63, 3.8) is 0 Å². The lowest BCUT2D eigenvalue weighted by molar-refractivity contribution is 0.0530. The van der Waals surface area contributed by atoms with Gasteiger partial charge in [0.15, 0.2) is 11.4 Å². The van der Waals surface area contributed by atoms with Gasteiger partial charge in [0.25, 0.3) is 5.91 Å². The molecule has 1 aliphatic carbocycles. The molecule has 0 unspecified atom stereocenters. The van der Waals surface area contributed by atoms with E-state index >= 15 is 0 Å². The number of hydrogen-bond acceptors (Lipinski definition) is 9. The van der Waals surface area contributed by atoms with Crippen LogP contribution in [0.3, 0.4) is 0 Å². The molecule has 0 bridgehead atoms. The number of amides is 1. The predicted molar refractivity (Wildman–Crippen MR) is 158 cm³/mol. The van der Waals surface area contributed by atoms with Crippen LogP contribution < -0.4 is 19.8 Å². The minimum absolute atomic E-state index is 0.0481. The molecule has 12 heteroatoms. The molecule has 220 valence electrons. The molecule has 1 aromatic carbocycles. The van der Waals surface area contributed by atoms with Gasteiger partial charge < -0.3 is 29.4 Å². The minimum atomic E-state index is -3.79. The maximum Gasteiger partial charge on any atom is 0.258 e. The number of furan rings is 1. The SMILES string of the molecule is C[C@@H]1CN(c2nc(NC(=O)c3ccc(NS(=O)(=O)[C@@H](C)CO)cc3N3CCC4(CC3)CC4)cc3ccoc23)CCO1. The summed E-state index contributed by atoms with van der Waals surface area (Å²) in [5.74, 6) is 0.731. The summed E-state index contributed by atoms with van der Waals surface area (Å²) in [5.41, 5.74) is 2.55. The largest absolute Gasteiger partial charge is 0.460 e. The van der Waals surface area contributed by atoms with E-state index in [-0.39, 0.29) is 12.0 Å². The lowest BCUT2D eigenvalue weighted by atomic mass is 9.93. The number of carbonyl (C=O) groups excluding carboxylic acids is 1. The third-order valence-electron chi connectivity index (χ3n) is 8.61. The van der Waals surface area contributed by atoms with Gasteiger partial charge in [-0.25, -0.2) is 13.4 Å². The van der Waals surface area contributed by atoms with E-state index in [4.69, 9.17) is 14.1 Å². The number of fused-ring (bicyclic) bond motifs is 1. The van der Waals surface area contributed by atoms with Gasteiger partial charge in [-0.2, -0.15) is 0 Å². The number of anilines is 4. The molecule has 2 aromatic heterocycles. The first-order valence-corrected chi connectivity index (χ1v) is 15.8. The molecular formula is C29H37N5O6S. The highest BCUT2D eigenvalue weighted by atomic mass is 32.2. The predicted octanol–water partition coefficient (Wildman–Crippen LogP) is 3.81. The maximum atomic E-state index is 13.8. The molecule has 1 amide bonds.